The fourth-order valence-corrected chi connectivity index (χ4v) is 3.31. The molecule has 1 aromatic carbocycles. The summed E-state index contributed by atoms with van der Waals surface area (Å²) in [4.78, 5) is 14.2. The number of hydrogen-bond donors (Lipinski definition) is 1. The Bertz CT molecular complexity index is 720. The molecule has 3 rings (SSSR count). The zero-order valence-corrected chi connectivity index (χ0v) is 14.8. The molecule has 1 N–H and O–H groups in total. The van der Waals surface area contributed by atoms with Crippen LogP contribution < -0.4 is 5.32 Å². The standard InChI is InChI=1S/C20H25FN2O2/c1-3-16-8-9-19(25-16)14(2)22-15-10-12-23(13-11-15)20(24)17-6-4-5-7-18(17)21/h4-9,14-15,22H,3,10-13H2,1-2H3/t14-/m1/s1. The molecule has 0 bridgehead atoms. The van der Waals surface area contributed by atoms with Gasteiger partial charge >= 0.3 is 0 Å². The number of aryl methyl sites for hydroxylation is 1. The normalized spacial score (nSPS) is 16.8. The van der Waals surface area contributed by atoms with E-state index in [0.29, 0.717) is 19.1 Å². The predicted molar refractivity (Wildman–Crippen MR) is 95.0 cm³/mol. The van der Waals surface area contributed by atoms with Gasteiger partial charge in [0, 0.05) is 25.6 Å². The number of nitrogens with one attached hydrogen (secondary N) is 1. The highest BCUT2D eigenvalue weighted by molar-refractivity contribution is 5.94. The summed E-state index contributed by atoms with van der Waals surface area (Å²) in [5, 5.41) is 3.58. The maximum Gasteiger partial charge on any atom is 0.256 e. The van der Waals surface area contributed by atoms with Crippen molar-refractivity contribution in [2.75, 3.05) is 13.1 Å². The number of hydrogen-bond acceptors (Lipinski definition) is 3. The lowest BCUT2D eigenvalue weighted by Crippen LogP contribution is -2.45. The van der Waals surface area contributed by atoms with Gasteiger partial charge in [-0.25, -0.2) is 4.39 Å². The van der Waals surface area contributed by atoms with Crippen molar-refractivity contribution in [2.45, 2.75) is 45.2 Å². The van der Waals surface area contributed by atoms with E-state index < -0.39 is 5.82 Å². The van der Waals surface area contributed by atoms with E-state index in [1.54, 1.807) is 23.1 Å². The van der Waals surface area contributed by atoms with Crippen molar-refractivity contribution in [3.05, 3.63) is 59.3 Å². The van der Waals surface area contributed by atoms with Crippen LogP contribution in [0, 0.1) is 5.82 Å². The average Bonchev–Trinajstić information content (AvgIpc) is 3.11. The second kappa shape index (κ2) is 7.83. The van der Waals surface area contributed by atoms with Gasteiger partial charge in [0.1, 0.15) is 17.3 Å². The third-order valence-electron chi connectivity index (χ3n) is 4.83. The van der Waals surface area contributed by atoms with Crippen molar-refractivity contribution >= 4 is 5.91 Å². The third-order valence-corrected chi connectivity index (χ3v) is 4.83. The summed E-state index contributed by atoms with van der Waals surface area (Å²) in [6, 6.07) is 10.7. The molecule has 1 atom stereocenters. The first-order valence-electron chi connectivity index (χ1n) is 8.97. The molecule has 1 aromatic heterocycles. The summed E-state index contributed by atoms with van der Waals surface area (Å²) in [5.74, 6) is 1.27. The molecule has 0 aliphatic carbocycles. The zero-order valence-electron chi connectivity index (χ0n) is 14.8. The quantitative estimate of drug-likeness (QED) is 0.894. The molecule has 1 fully saturated rings. The molecule has 134 valence electrons. The van der Waals surface area contributed by atoms with Crippen molar-refractivity contribution in [3.8, 4) is 0 Å². The van der Waals surface area contributed by atoms with E-state index in [1.165, 1.54) is 6.07 Å². The van der Waals surface area contributed by atoms with Gasteiger partial charge in [-0.05, 0) is 44.0 Å². The number of amides is 1. The largest absolute Gasteiger partial charge is 0.464 e. The van der Waals surface area contributed by atoms with E-state index in [0.717, 1.165) is 30.8 Å². The Balaban J connectivity index is 1.53. The lowest BCUT2D eigenvalue weighted by molar-refractivity contribution is 0.0696. The molecule has 0 radical (unpaired) electrons. The lowest BCUT2D eigenvalue weighted by Gasteiger charge is -2.33. The first kappa shape index (κ1) is 17.7. The number of carbonyl (C=O) groups is 1. The average molecular weight is 344 g/mol. The zero-order chi connectivity index (χ0) is 17.8. The second-order valence-electron chi connectivity index (χ2n) is 6.59. The highest BCUT2D eigenvalue weighted by Gasteiger charge is 2.26. The lowest BCUT2D eigenvalue weighted by atomic mass is 10.0. The van der Waals surface area contributed by atoms with E-state index in [9.17, 15) is 9.18 Å². The molecule has 1 aliphatic heterocycles. The number of carbonyl (C=O) groups excluding carboxylic acids is 1. The molecule has 1 saturated heterocycles. The molecule has 0 unspecified atom stereocenters. The van der Waals surface area contributed by atoms with E-state index in [4.69, 9.17) is 4.42 Å². The SMILES string of the molecule is CCc1ccc([C@@H](C)NC2CCN(C(=O)c3ccccc3F)CC2)o1. The van der Waals surface area contributed by atoms with Crippen molar-refractivity contribution in [2.24, 2.45) is 0 Å². The second-order valence-corrected chi connectivity index (χ2v) is 6.59. The molecule has 0 saturated carbocycles. The number of nitrogens with zero attached hydrogens (tertiary/aromatic N) is 1. The Labute approximate surface area is 148 Å². The number of rotatable bonds is 5. The van der Waals surface area contributed by atoms with Crippen LogP contribution in [0.2, 0.25) is 0 Å². The van der Waals surface area contributed by atoms with Gasteiger partial charge in [-0.15, -0.1) is 0 Å². The number of likely N-dealkylation sites (tertiary alicyclic amines) is 1. The van der Waals surface area contributed by atoms with Crippen molar-refractivity contribution < 1.29 is 13.6 Å². The Morgan fingerprint density at radius 1 is 1.28 bits per heavy atom. The molecule has 0 spiro atoms. The van der Waals surface area contributed by atoms with Crippen LogP contribution in [-0.2, 0) is 6.42 Å². The van der Waals surface area contributed by atoms with Gasteiger partial charge in [-0.1, -0.05) is 19.1 Å². The summed E-state index contributed by atoms with van der Waals surface area (Å²) in [6.07, 6.45) is 2.60. The number of piperidine rings is 1. The maximum atomic E-state index is 13.8. The van der Waals surface area contributed by atoms with Crippen LogP contribution in [-0.4, -0.2) is 29.9 Å². The molecular formula is C20H25FN2O2. The van der Waals surface area contributed by atoms with Crippen molar-refractivity contribution in [3.63, 3.8) is 0 Å². The molecule has 5 heteroatoms. The molecular weight excluding hydrogens is 319 g/mol. The minimum absolute atomic E-state index is 0.138. The van der Waals surface area contributed by atoms with Gasteiger partial charge in [-0.3, -0.25) is 4.79 Å². The smallest absolute Gasteiger partial charge is 0.256 e. The van der Waals surface area contributed by atoms with E-state index in [2.05, 4.69) is 19.2 Å². The van der Waals surface area contributed by atoms with Gasteiger partial charge in [0.05, 0.1) is 11.6 Å². The van der Waals surface area contributed by atoms with Crippen LogP contribution in [0.5, 0.6) is 0 Å². The van der Waals surface area contributed by atoms with E-state index >= 15 is 0 Å². The number of halogens is 1. The Morgan fingerprint density at radius 3 is 2.64 bits per heavy atom. The summed E-state index contributed by atoms with van der Waals surface area (Å²) in [6.45, 7) is 5.43. The third kappa shape index (κ3) is 4.10. The van der Waals surface area contributed by atoms with Crippen LogP contribution in [0.4, 0.5) is 4.39 Å². The Hall–Kier alpha value is -2.14. The molecule has 25 heavy (non-hydrogen) atoms. The van der Waals surface area contributed by atoms with Crippen LogP contribution >= 0.6 is 0 Å². The van der Waals surface area contributed by atoms with Gasteiger partial charge in [0.25, 0.3) is 5.91 Å². The van der Waals surface area contributed by atoms with Crippen LogP contribution in [0.1, 0.15) is 54.6 Å². The predicted octanol–water partition coefficient (Wildman–Crippen LogP) is 3.94. The van der Waals surface area contributed by atoms with Crippen LogP contribution in [0.25, 0.3) is 0 Å². The maximum absolute atomic E-state index is 13.8. The minimum Gasteiger partial charge on any atom is -0.464 e. The van der Waals surface area contributed by atoms with Gasteiger partial charge in [-0.2, -0.15) is 0 Å². The summed E-state index contributed by atoms with van der Waals surface area (Å²) in [5.41, 5.74) is 0.157. The van der Waals surface area contributed by atoms with E-state index in [1.807, 2.05) is 12.1 Å². The summed E-state index contributed by atoms with van der Waals surface area (Å²) < 4.78 is 19.6. The summed E-state index contributed by atoms with van der Waals surface area (Å²) >= 11 is 0. The molecule has 4 nitrogen and oxygen atoms in total. The fourth-order valence-electron chi connectivity index (χ4n) is 3.31. The highest BCUT2D eigenvalue weighted by Crippen LogP contribution is 2.21. The Morgan fingerprint density at radius 2 is 2.00 bits per heavy atom. The van der Waals surface area contributed by atoms with E-state index in [-0.39, 0.29) is 17.5 Å². The van der Waals surface area contributed by atoms with Crippen LogP contribution in [0.3, 0.4) is 0 Å². The van der Waals surface area contributed by atoms with Gasteiger partial charge in [0.2, 0.25) is 0 Å². The summed E-state index contributed by atoms with van der Waals surface area (Å²) in [7, 11) is 0. The Kier molecular flexibility index (Phi) is 5.53. The molecule has 2 aromatic rings. The fraction of sp³-hybridized carbons (Fsp3) is 0.450. The molecule has 1 amide bonds. The van der Waals surface area contributed by atoms with Gasteiger partial charge in [0.15, 0.2) is 0 Å². The van der Waals surface area contributed by atoms with Gasteiger partial charge < -0.3 is 14.6 Å². The van der Waals surface area contributed by atoms with Crippen molar-refractivity contribution in [1.82, 2.24) is 10.2 Å². The first-order chi connectivity index (χ1) is 12.1. The first-order valence-corrected chi connectivity index (χ1v) is 8.97. The number of furan rings is 1. The monoisotopic (exact) mass is 344 g/mol. The minimum atomic E-state index is -0.453. The topological polar surface area (TPSA) is 45.5 Å². The highest BCUT2D eigenvalue weighted by atomic mass is 19.1. The number of benzene rings is 1. The molecule has 1 aliphatic rings. The van der Waals surface area contributed by atoms with Crippen molar-refractivity contribution in [1.29, 1.82) is 0 Å². The molecule has 2 heterocycles. The van der Waals surface area contributed by atoms with Crippen LogP contribution in [0.15, 0.2) is 40.8 Å².